The Kier molecular flexibility index (Phi) is 6.81. The topological polar surface area (TPSA) is 78.5 Å². The van der Waals surface area contributed by atoms with E-state index in [9.17, 15) is 9.59 Å². The Balaban J connectivity index is 1.20. The monoisotopic (exact) mass is 508 g/mol. The zero-order chi connectivity index (χ0) is 25.4. The standard InChI is InChI=1S/C28H36N4O3S/c1-28(2,3)18-5-10-21-22(17-18)36-27-25(21)26(34)29-23(30-27)11-12-24(33)32-15-13-31(14-16-32)19-6-8-20(35-4)9-7-19/h6-9,18H,5,10-17H2,1-4H3,(H,29,30,34)/t18-/m0/s1. The fourth-order valence-electron chi connectivity index (χ4n) is 5.48. The van der Waals surface area contributed by atoms with Gasteiger partial charge in [0.15, 0.2) is 0 Å². The summed E-state index contributed by atoms with van der Waals surface area (Å²) in [6.07, 6.45) is 3.89. The molecule has 1 atom stereocenters. The van der Waals surface area contributed by atoms with Crippen molar-refractivity contribution in [3.63, 3.8) is 0 Å². The highest BCUT2D eigenvalue weighted by Crippen LogP contribution is 2.42. The number of aromatic nitrogens is 2. The van der Waals surface area contributed by atoms with Crippen molar-refractivity contribution < 1.29 is 9.53 Å². The van der Waals surface area contributed by atoms with Crippen LogP contribution in [0, 0.1) is 11.3 Å². The highest BCUT2D eigenvalue weighted by molar-refractivity contribution is 7.18. The molecule has 0 bridgehead atoms. The SMILES string of the molecule is COc1ccc(N2CCN(C(=O)CCc3nc4sc5c(c4c(=O)[nH]3)CC[C@H](C(C)(C)C)C5)CC2)cc1. The van der Waals surface area contributed by atoms with Crippen LogP contribution < -0.4 is 15.2 Å². The number of rotatable bonds is 5. The second kappa shape index (κ2) is 9.88. The normalized spacial score (nSPS) is 18.4. The Hall–Kier alpha value is -2.87. The largest absolute Gasteiger partial charge is 0.497 e. The average molecular weight is 509 g/mol. The Morgan fingerprint density at radius 3 is 2.56 bits per heavy atom. The van der Waals surface area contributed by atoms with Gasteiger partial charge in [-0.3, -0.25) is 9.59 Å². The van der Waals surface area contributed by atoms with Crippen LogP contribution in [-0.4, -0.2) is 54.1 Å². The third-order valence-corrected chi connectivity index (χ3v) is 8.99. The molecule has 1 aliphatic carbocycles. The number of fused-ring (bicyclic) bond motifs is 3. The fourth-order valence-corrected chi connectivity index (χ4v) is 6.80. The molecule has 192 valence electrons. The molecule has 1 aromatic carbocycles. The van der Waals surface area contributed by atoms with Crippen LogP contribution in [0.15, 0.2) is 29.1 Å². The van der Waals surface area contributed by atoms with Gasteiger partial charge < -0.3 is 19.5 Å². The number of thiophene rings is 1. The molecule has 3 aromatic rings. The van der Waals surface area contributed by atoms with E-state index >= 15 is 0 Å². The summed E-state index contributed by atoms with van der Waals surface area (Å²) >= 11 is 1.67. The van der Waals surface area contributed by atoms with Gasteiger partial charge in [0.2, 0.25) is 5.91 Å². The quantitative estimate of drug-likeness (QED) is 0.552. The summed E-state index contributed by atoms with van der Waals surface area (Å²) in [5.41, 5.74) is 2.55. The van der Waals surface area contributed by atoms with Gasteiger partial charge in [0, 0.05) is 49.6 Å². The molecule has 0 spiro atoms. The van der Waals surface area contributed by atoms with E-state index in [4.69, 9.17) is 9.72 Å². The minimum absolute atomic E-state index is 0.0535. The van der Waals surface area contributed by atoms with Crippen LogP contribution in [-0.2, 0) is 24.1 Å². The molecule has 0 saturated carbocycles. The number of benzene rings is 1. The summed E-state index contributed by atoms with van der Waals surface area (Å²) in [4.78, 5) is 40.0. The molecular formula is C28H36N4O3S. The molecular weight excluding hydrogens is 472 g/mol. The van der Waals surface area contributed by atoms with Crippen molar-refractivity contribution in [2.75, 3.05) is 38.2 Å². The van der Waals surface area contributed by atoms with E-state index in [1.54, 1.807) is 18.4 Å². The number of methoxy groups -OCH3 is 1. The summed E-state index contributed by atoms with van der Waals surface area (Å²) in [5.74, 6) is 2.20. The average Bonchev–Trinajstić information content (AvgIpc) is 3.25. The number of nitrogens with one attached hydrogen (secondary N) is 1. The Labute approximate surface area is 216 Å². The molecule has 8 heteroatoms. The minimum Gasteiger partial charge on any atom is -0.497 e. The third kappa shape index (κ3) is 5.01. The maximum absolute atomic E-state index is 13.0. The number of aryl methyl sites for hydroxylation is 2. The summed E-state index contributed by atoms with van der Waals surface area (Å²) in [5, 5.41) is 0.770. The smallest absolute Gasteiger partial charge is 0.259 e. The molecule has 7 nitrogen and oxygen atoms in total. The summed E-state index contributed by atoms with van der Waals surface area (Å²) in [6.45, 7) is 9.89. The Morgan fingerprint density at radius 1 is 1.17 bits per heavy atom. The number of aromatic amines is 1. The van der Waals surface area contributed by atoms with Crippen LogP contribution in [0.4, 0.5) is 5.69 Å². The highest BCUT2D eigenvalue weighted by atomic mass is 32.1. The summed E-state index contributed by atoms with van der Waals surface area (Å²) < 4.78 is 5.24. The molecule has 0 radical (unpaired) electrons. The van der Waals surface area contributed by atoms with Crippen LogP contribution in [0.2, 0.25) is 0 Å². The van der Waals surface area contributed by atoms with E-state index in [-0.39, 0.29) is 16.9 Å². The van der Waals surface area contributed by atoms with Crippen LogP contribution in [0.25, 0.3) is 10.2 Å². The number of anilines is 1. The van der Waals surface area contributed by atoms with Gasteiger partial charge in [0.25, 0.3) is 5.56 Å². The maximum atomic E-state index is 13.0. The van der Waals surface area contributed by atoms with Crippen LogP contribution in [0.1, 0.15) is 49.9 Å². The summed E-state index contributed by atoms with van der Waals surface area (Å²) in [6, 6.07) is 8.04. The van der Waals surface area contributed by atoms with E-state index in [2.05, 4.69) is 42.8 Å². The van der Waals surface area contributed by atoms with Gasteiger partial charge in [-0.15, -0.1) is 11.3 Å². The molecule has 1 amide bonds. The second-order valence-corrected chi connectivity index (χ2v) is 12.2. The van der Waals surface area contributed by atoms with Gasteiger partial charge in [-0.25, -0.2) is 4.98 Å². The van der Waals surface area contributed by atoms with E-state index in [0.717, 1.165) is 54.0 Å². The third-order valence-electron chi connectivity index (χ3n) is 7.84. The number of hydrogen-bond acceptors (Lipinski definition) is 6. The fraction of sp³-hybridized carbons (Fsp3) is 0.536. The van der Waals surface area contributed by atoms with Crippen molar-refractivity contribution in [3.05, 3.63) is 50.9 Å². The number of nitrogens with zero attached hydrogens (tertiary/aromatic N) is 3. The first-order valence-corrected chi connectivity index (χ1v) is 13.7. The first-order chi connectivity index (χ1) is 17.2. The van der Waals surface area contributed by atoms with Gasteiger partial charge in [-0.1, -0.05) is 20.8 Å². The van der Waals surface area contributed by atoms with E-state index in [0.29, 0.717) is 37.7 Å². The number of H-pyrrole nitrogens is 1. The second-order valence-electron chi connectivity index (χ2n) is 11.1. The molecule has 1 fully saturated rings. The number of amides is 1. The van der Waals surface area contributed by atoms with Crippen LogP contribution in [0.5, 0.6) is 5.75 Å². The lowest BCUT2D eigenvalue weighted by Crippen LogP contribution is -2.48. The molecule has 36 heavy (non-hydrogen) atoms. The highest BCUT2D eigenvalue weighted by Gasteiger charge is 2.31. The van der Waals surface area contributed by atoms with Gasteiger partial charge >= 0.3 is 0 Å². The summed E-state index contributed by atoms with van der Waals surface area (Å²) in [7, 11) is 1.67. The van der Waals surface area contributed by atoms with Crippen molar-refractivity contribution in [1.29, 1.82) is 0 Å². The van der Waals surface area contributed by atoms with Crippen LogP contribution in [0.3, 0.4) is 0 Å². The van der Waals surface area contributed by atoms with Crippen molar-refractivity contribution in [1.82, 2.24) is 14.9 Å². The lowest BCUT2D eigenvalue weighted by Gasteiger charge is -2.36. The van der Waals surface area contributed by atoms with E-state index in [1.165, 1.54) is 10.4 Å². The first kappa shape index (κ1) is 24.8. The van der Waals surface area contributed by atoms with Gasteiger partial charge in [-0.2, -0.15) is 0 Å². The zero-order valence-corrected chi connectivity index (χ0v) is 22.5. The van der Waals surface area contributed by atoms with E-state index in [1.807, 2.05) is 17.0 Å². The molecule has 1 aliphatic heterocycles. The predicted octanol–water partition coefficient (Wildman–Crippen LogP) is 4.43. The lowest BCUT2D eigenvalue weighted by molar-refractivity contribution is -0.131. The molecule has 1 saturated heterocycles. The number of hydrogen-bond donors (Lipinski definition) is 1. The molecule has 5 rings (SSSR count). The molecule has 2 aromatic heterocycles. The number of piperazine rings is 1. The van der Waals surface area contributed by atoms with E-state index < -0.39 is 0 Å². The molecule has 2 aliphatic rings. The molecule has 1 N–H and O–H groups in total. The number of carbonyl (C=O) groups is 1. The molecule has 0 unspecified atom stereocenters. The number of carbonyl (C=O) groups excluding carboxylic acids is 1. The maximum Gasteiger partial charge on any atom is 0.259 e. The zero-order valence-electron chi connectivity index (χ0n) is 21.7. The van der Waals surface area contributed by atoms with Gasteiger partial charge in [0.05, 0.1) is 12.5 Å². The molecule has 3 heterocycles. The van der Waals surface area contributed by atoms with Crippen molar-refractivity contribution in [2.24, 2.45) is 11.3 Å². The van der Waals surface area contributed by atoms with Crippen molar-refractivity contribution >= 4 is 33.1 Å². The van der Waals surface area contributed by atoms with Crippen LogP contribution >= 0.6 is 11.3 Å². The van der Waals surface area contributed by atoms with Crippen molar-refractivity contribution in [2.45, 2.75) is 52.9 Å². The number of ether oxygens (including phenoxy) is 1. The Bertz CT molecular complexity index is 1300. The predicted molar refractivity (Wildman–Crippen MR) is 145 cm³/mol. The Morgan fingerprint density at radius 2 is 1.89 bits per heavy atom. The van der Waals surface area contributed by atoms with Gasteiger partial charge in [-0.05, 0) is 60.4 Å². The lowest BCUT2D eigenvalue weighted by atomic mass is 9.72. The van der Waals surface area contributed by atoms with Crippen molar-refractivity contribution in [3.8, 4) is 5.75 Å². The minimum atomic E-state index is -0.0535. The van der Waals surface area contributed by atoms with Gasteiger partial charge in [0.1, 0.15) is 16.4 Å². The first-order valence-electron chi connectivity index (χ1n) is 12.9.